The summed E-state index contributed by atoms with van der Waals surface area (Å²) >= 11 is 1.83. The second-order valence-corrected chi connectivity index (χ2v) is 8.99. The predicted molar refractivity (Wildman–Crippen MR) is 119 cm³/mol. The Bertz CT molecular complexity index is 986. The van der Waals surface area contributed by atoms with Gasteiger partial charge < -0.3 is 14.2 Å². The molecule has 1 fully saturated rings. The molecular weight excluding hydrogens is 380 g/mol. The van der Waals surface area contributed by atoms with Gasteiger partial charge in [-0.2, -0.15) is 0 Å². The summed E-state index contributed by atoms with van der Waals surface area (Å²) < 4.78 is 7.87. The molecule has 1 amide bonds. The first-order valence-electron chi connectivity index (χ1n) is 10.2. The summed E-state index contributed by atoms with van der Waals surface area (Å²) in [5, 5.41) is 1.21. The number of carbonyl (C=O) groups is 1. The Morgan fingerprint density at radius 3 is 2.48 bits per heavy atom. The minimum Gasteiger partial charge on any atom is -0.372 e. The number of thioether (sulfide) groups is 1. The zero-order valence-corrected chi connectivity index (χ0v) is 18.1. The smallest absolute Gasteiger partial charge is 0.242 e. The fraction of sp³-hybridized carbons (Fsp3) is 0.375. The second-order valence-electron chi connectivity index (χ2n) is 7.97. The maximum atomic E-state index is 13.0. The molecule has 2 aromatic carbocycles. The van der Waals surface area contributed by atoms with Crippen molar-refractivity contribution >= 4 is 28.6 Å². The SMILES string of the molecule is Cc1ccc(CSc2cn(CC(=O)N3C[C@@H](C)O[C@H](C)C3)c3ccccc23)cc1. The zero-order valence-electron chi connectivity index (χ0n) is 17.3. The molecule has 0 N–H and O–H groups in total. The molecule has 0 bridgehead atoms. The van der Waals surface area contributed by atoms with Gasteiger partial charge in [0.15, 0.2) is 0 Å². The summed E-state index contributed by atoms with van der Waals surface area (Å²) in [5.41, 5.74) is 3.70. The lowest BCUT2D eigenvalue weighted by Gasteiger charge is -2.35. The molecular formula is C24H28N2O2S. The number of aryl methyl sites for hydroxylation is 1. The van der Waals surface area contributed by atoms with Crippen LogP contribution in [0, 0.1) is 6.92 Å². The van der Waals surface area contributed by atoms with Crippen molar-refractivity contribution in [1.82, 2.24) is 9.47 Å². The van der Waals surface area contributed by atoms with Crippen molar-refractivity contribution in [1.29, 1.82) is 0 Å². The van der Waals surface area contributed by atoms with Crippen molar-refractivity contribution in [2.75, 3.05) is 13.1 Å². The Morgan fingerprint density at radius 2 is 1.76 bits per heavy atom. The highest BCUT2D eigenvalue weighted by molar-refractivity contribution is 7.98. The minimum absolute atomic E-state index is 0.0877. The van der Waals surface area contributed by atoms with E-state index in [9.17, 15) is 4.79 Å². The Labute approximate surface area is 176 Å². The van der Waals surface area contributed by atoms with E-state index in [4.69, 9.17) is 4.74 Å². The van der Waals surface area contributed by atoms with Gasteiger partial charge in [-0.15, -0.1) is 11.8 Å². The van der Waals surface area contributed by atoms with E-state index >= 15 is 0 Å². The van der Waals surface area contributed by atoms with Crippen LogP contribution < -0.4 is 0 Å². The van der Waals surface area contributed by atoms with E-state index in [-0.39, 0.29) is 18.1 Å². The molecule has 29 heavy (non-hydrogen) atoms. The molecule has 0 radical (unpaired) electrons. The highest BCUT2D eigenvalue weighted by Gasteiger charge is 2.26. The first kappa shape index (κ1) is 20.0. The summed E-state index contributed by atoms with van der Waals surface area (Å²) in [6.07, 6.45) is 2.31. The maximum absolute atomic E-state index is 13.0. The van der Waals surface area contributed by atoms with Crippen LogP contribution in [0.4, 0.5) is 0 Å². The summed E-state index contributed by atoms with van der Waals surface area (Å²) in [6.45, 7) is 7.86. The van der Waals surface area contributed by atoms with Crippen LogP contribution in [0.5, 0.6) is 0 Å². The molecule has 152 valence electrons. The fourth-order valence-electron chi connectivity index (χ4n) is 3.93. The minimum atomic E-state index is 0.0877. The van der Waals surface area contributed by atoms with Crippen LogP contribution in [-0.4, -0.2) is 40.7 Å². The van der Waals surface area contributed by atoms with E-state index in [1.165, 1.54) is 21.4 Å². The van der Waals surface area contributed by atoms with Crippen LogP contribution in [0.15, 0.2) is 59.6 Å². The molecule has 3 aromatic rings. The second kappa shape index (κ2) is 8.64. The number of carbonyl (C=O) groups excluding carboxylic acids is 1. The standard InChI is InChI=1S/C24H28N2O2S/c1-17-8-10-20(11-9-17)16-29-23-14-25(22-7-5-4-6-21(22)23)15-24(27)26-12-18(2)28-19(3)13-26/h4-11,14,18-19H,12-13,15-16H2,1-3H3/t18-,19-/m1/s1. The average Bonchev–Trinajstić information content (AvgIpc) is 3.04. The number of amides is 1. The third kappa shape index (κ3) is 4.68. The quantitative estimate of drug-likeness (QED) is 0.565. The van der Waals surface area contributed by atoms with Crippen LogP contribution in [0.3, 0.4) is 0 Å². The molecule has 1 aliphatic heterocycles. The van der Waals surface area contributed by atoms with Crippen molar-refractivity contribution < 1.29 is 9.53 Å². The number of fused-ring (bicyclic) bond motifs is 1. The van der Waals surface area contributed by atoms with E-state index in [0.717, 1.165) is 11.3 Å². The monoisotopic (exact) mass is 408 g/mol. The molecule has 2 heterocycles. The Morgan fingerprint density at radius 1 is 1.07 bits per heavy atom. The van der Waals surface area contributed by atoms with Crippen molar-refractivity contribution in [2.24, 2.45) is 0 Å². The van der Waals surface area contributed by atoms with Crippen LogP contribution in [0.2, 0.25) is 0 Å². The molecule has 1 saturated heterocycles. The van der Waals surface area contributed by atoms with Gasteiger partial charge in [0.2, 0.25) is 5.91 Å². The highest BCUT2D eigenvalue weighted by atomic mass is 32.2. The number of benzene rings is 2. The van der Waals surface area contributed by atoms with Crippen LogP contribution >= 0.6 is 11.8 Å². The Kier molecular flexibility index (Phi) is 5.97. The lowest BCUT2D eigenvalue weighted by molar-refractivity contribution is -0.143. The number of hydrogen-bond donors (Lipinski definition) is 0. The molecule has 1 aliphatic rings. The summed E-state index contributed by atoms with van der Waals surface area (Å²) in [6, 6.07) is 17.0. The number of morpholine rings is 1. The lowest BCUT2D eigenvalue weighted by atomic mass is 10.2. The lowest BCUT2D eigenvalue weighted by Crippen LogP contribution is -2.49. The van der Waals surface area contributed by atoms with Crippen molar-refractivity contribution in [2.45, 2.75) is 50.2 Å². The predicted octanol–water partition coefficient (Wildman–Crippen LogP) is 4.88. The summed E-state index contributed by atoms with van der Waals surface area (Å²) in [7, 11) is 0. The van der Waals surface area contributed by atoms with Gasteiger partial charge >= 0.3 is 0 Å². The van der Waals surface area contributed by atoms with E-state index in [2.05, 4.69) is 60.2 Å². The zero-order chi connectivity index (χ0) is 20.4. The van der Waals surface area contributed by atoms with Crippen molar-refractivity contribution in [3.63, 3.8) is 0 Å². The molecule has 5 heteroatoms. The third-order valence-corrected chi connectivity index (χ3v) is 6.46. The Hall–Kier alpha value is -2.24. The van der Waals surface area contributed by atoms with Gasteiger partial charge in [0.05, 0.1) is 12.2 Å². The van der Waals surface area contributed by atoms with Crippen LogP contribution in [0.1, 0.15) is 25.0 Å². The summed E-state index contributed by atoms with van der Waals surface area (Å²) in [4.78, 5) is 16.1. The Balaban J connectivity index is 1.52. The molecule has 4 nitrogen and oxygen atoms in total. The fourth-order valence-corrected chi connectivity index (χ4v) is 4.98. The normalized spacial score (nSPS) is 19.6. The van der Waals surface area contributed by atoms with Crippen LogP contribution in [0.25, 0.3) is 10.9 Å². The van der Waals surface area contributed by atoms with Gasteiger partial charge in [-0.25, -0.2) is 0 Å². The van der Waals surface area contributed by atoms with Gasteiger partial charge in [0, 0.05) is 40.8 Å². The first-order chi connectivity index (χ1) is 14.0. The van der Waals surface area contributed by atoms with Crippen molar-refractivity contribution in [3.05, 3.63) is 65.9 Å². The summed E-state index contributed by atoms with van der Waals surface area (Å²) in [5.74, 6) is 1.07. The molecule has 0 saturated carbocycles. The van der Waals surface area contributed by atoms with E-state index < -0.39 is 0 Å². The van der Waals surface area contributed by atoms with Gasteiger partial charge in [0.25, 0.3) is 0 Å². The van der Waals surface area contributed by atoms with Gasteiger partial charge in [0.1, 0.15) is 6.54 Å². The average molecular weight is 409 g/mol. The van der Waals surface area contributed by atoms with Crippen LogP contribution in [-0.2, 0) is 21.8 Å². The number of para-hydroxylation sites is 1. The molecule has 0 spiro atoms. The number of nitrogens with zero attached hydrogens (tertiary/aromatic N) is 2. The van der Waals surface area contributed by atoms with E-state index in [1.54, 1.807) is 0 Å². The van der Waals surface area contributed by atoms with E-state index in [0.29, 0.717) is 19.6 Å². The first-order valence-corrected chi connectivity index (χ1v) is 11.2. The largest absolute Gasteiger partial charge is 0.372 e. The van der Waals surface area contributed by atoms with Crippen molar-refractivity contribution in [3.8, 4) is 0 Å². The van der Waals surface area contributed by atoms with Gasteiger partial charge in [-0.1, -0.05) is 48.0 Å². The third-order valence-electron chi connectivity index (χ3n) is 5.34. The molecule has 0 unspecified atom stereocenters. The number of ether oxygens (including phenoxy) is 1. The maximum Gasteiger partial charge on any atom is 0.242 e. The van der Waals surface area contributed by atoms with E-state index in [1.807, 2.05) is 36.6 Å². The number of rotatable bonds is 5. The topological polar surface area (TPSA) is 34.5 Å². The molecule has 4 rings (SSSR count). The number of aromatic nitrogens is 1. The van der Waals surface area contributed by atoms with Gasteiger partial charge in [-0.05, 0) is 32.4 Å². The molecule has 1 aromatic heterocycles. The molecule has 0 aliphatic carbocycles. The highest BCUT2D eigenvalue weighted by Crippen LogP contribution is 2.32. The van der Waals surface area contributed by atoms with Gasteiger partial charge in [-0.3, -0.25) is 4.79 Å². The number of hydrogen-bond acceptors (Lipinski definition) is 3. The molecule has 2 atom stereocenters.